The number of hydrogen-bond donors (Lipinski definition) is 2. The summed E-state index contributed by atoms with van der Waals surface area (Å²) < 4.78 is 130. The molecule has 2 aliphatic heterocycles. The number of benzene rings is 3. The van der Waals surface area contributed by atoms with Gasteiger partial charge in [-0.1, -0.05) is 42.8 Å². The molecule has 2 aliphatic rings. The molecule has 0 bridgehead atoms. The summed E-state index contributed by atoms with van der Waals surface area (Å²) in [6.07, 6.45) is -14.2. The Hall–Kier alpha value is -4.05. The van der Waals surface area contributed by atoms with Crippen LogP contribution in [0.4, 0.5) is 39.5 Å². The van der Waals surface area contributed by atoms with Gasteiger partial charge in [-0.25, -0.2) is 4.79 Å². The molecule has 52 heavy (non-hydrogen) atoms. The Kier molecular flexibility index (Phi) is 11.4. The monoisotopic (exact) mass is 747 g/mol. The number of ether oxygens (including phenoxy) is 1. The van der Waals surface area contributed by atoms with Crippen molar-refractivity contribution in [3.8, 4) is 16.9 Å². The molecule has 0 radical (unpaired) electrons. The average Bonchev–Trinajstić information content (AvgIpc) is 3.06. The number of hydrogen-bond acceptors (Lipinski definition) is 5. The minimum atomic E-state index is -5.17. The smallest absolute Gasteiger partial charge is 0.416 e. The number of carbonyl (C=O) groups is 2. The van der Waals surface area contributed by atoms with Gasteiger partial charge in [0.15, 0.2) is 0 Å². The molecule has 3 aromatic carbocycles. The number of nitrogens with one attached hydrogen (secondary N) is 1. The van der Waals surface area contributed by atoms with E-state index in [2.05, 4.69) is 0 Å². The van der Waals surface area contributed by atoms with E-state index in [1.807, 2.05) is 10.2 Å². The summed E-state index contributed by atoms with van der Waals surface area (Å²) in [5.74, 6) is -3.34. The van der Waals surface area contributed by atoms with Crippen molar-refractivity contribution in [2.45, 2.75) is 69.6 Å². The molecule has 1 atom stereocenters. The fourth-order valence-electron chi connectivity index (χ4n) is 7.25. The number of aliphatic carboxylic acids is 1. The molecule has 0 spiro atoms. The first-order valence-corrected chi connectivity index (χ1v) is 16.7. The van der Waals surface area contributed by atoms with E-state index in [0.717, 1.165) is 30.2 Å². The number of carboxylic acids is 1. The van der Waals surface area contributed by atoms with Crippen LogP contribution in [-0.2, 0) is 28.7 Å². The fraction of sp³-hybridized carbons (Fsp3) is 0.500. The van der Waals surface area contributed by atoms with Crippen LogP contribution < -0.4 is 10.1 Å². The molecule has 2 saturated heterocycles. The maximum absolute atomic E-state index is 14.4. The molecule has 2 N–H and O–H groups in total. The Balaban J connectivity index is 1.47. The maximum Gasteiger partial charge on any atom is 0.416 e. The molecular weight excluding hydrogens is 709 g/mol. The van der Waals surface area contributed by atoms with Crippen LogP contribution in [0.2, 0.25) is 0 Å². The summed E-state index contributed by atoms with van der Waals surface area (Å²) in [5, 5.41) is 13.0. The van der Waals surface area contributed by atoms with Gasteiger partial charge in [-0.15, -0.1) is 0 Å². The zero-order valence-corrected chi connectivity index (χ0v) is 28.1. The Labute approximate surface area is 293 Å². The lowest BCUT2D eigenvalue weighted by molar-refractivity contribution is -0.236. The molecule has 7 nitrogen and oxygen atoms in total. The standard InChI is InChI=1S/C36H38F9N3O4/c1-52-30-19-28(35(40,41)42)23(20-47-13-3-2-4-14-47)17-27(30)26-10-6-8-24-22(7-5-9-25(24)26)18-29(31(49)50)46-32(51)33(36(43,44)45)11-15-48(16-12-33)21-34(37,38)39/h5-10,17,19,29H,2-4,11-16,18,20-21H2,1H3,(H,46,51)(H,49,50)/t29-/m0/s1. The van der Waals surface area contributed by atoms with Gasteiger partial charge in [-0.3, -0.25) is 14.6 Å². The number of nitrogens with zero attached hydrogens (tertiary/aromatic N) is 2. The second-order valence-electron chi connectivity index (χ2n) is 13.4. The van der Waals surface area contributed by atoms with E-state index in [0.29, 0.717) is 40.6 Å². The highest BCUT2D eigenvalue weighted by Crippen LogP contribution is 2.47. The summed E-state index contributed by atoms with van der Waals surface area (Å²) in [5.41, 5.74) is -2.76. The first-order chi connectivity index (χ1) is 24.3. The molecule has 16 heteroatoms. The van der Waals surface area contributed by atoms with Gasteiger partial charge in [0.05, 0.1) is 19.2 Å². The molecule has 3 aromatic rings. The van der Waals surface area contributed by atoms with Crippen LogP contribution in [0.25, 0.3) is 21.9 Å². The summed E-state index contributed by atoms with van der Waals surface area (Å²) in [6, 6.07) is 10.2. The number of carboxylic acid groups (broad SMARTS) is 1. The quantitative estimate of drug-likeness (QED) is 0.206. The summed E-state index contributed by atoms with van der Waals surface area (Å²) in [6.45, 7) is -1.44. The van der Waals surface area contributed by atoms with Gasteiger partial charge in [0.25, 0.3) is 0 Å². The summed E-state index contributed by atoms with van der Waals surface area (Å²) in [7, 11) is 1.24. The Morgan fingerprint density at radius 2 is 1.46 bits per heavy atom. The van der Waals surface area contributed by atoms with Gasteiger partial charge in [-0.2, -0.15) is 39.5 Å². The number of carbonyl (C=O) groups excluding carboxylic acids is 1. The van der Waals surface area contributed by atoms with E-state index >= 15 is 0 Å². The predicted molar refractivity (Wildman–Crippen MR) is 174 cm³/mol. The maximum atomic E-state index is 14.4. The van der Waals surface area contributed by atoms with Crippen LogP contribution in [0.3, 0.4) is 0 Å². The van der Waals surface area contributed by atoms with Crippen molar-refractivity contribution in [1.82, 2.24) is 15.1 Å². The van der Waals surface area contributed by atoms with Crippen molar-refractivity contribution >= 4 is 22.6 Å². The zero-order valence-electron chi connectivity index (χ0n) is 28.1. The number of fused-ring (bicyclic) bond motifs is 1. The van der Waals surface area contributed by atoms with Crippen LogP contribution in [0.5, 0.6) is 5.75 Å². The highest BCUT2D eigenvalue weighted by molar-refractivity contribution is 6.00. The van der Waals surface area contributed by atoms with Crippen LogP contribution in [-0.4, -0.2) is 85.0 Å². The van der Waals surface area contributed by atoms with E-state index < -0.39 is 86.3 Å². The van der Waals surface area contributed by atoms with Crippen LogP contribution >= 0.6 is 0 Å². The second kappa shape index (κ2) is 15.1. The van der Waals surface area contributed by atoms with Crippen molar-refractivity contribution in [1.29, 1.82) is 0 Å². The lowest BCUT2D eigenvalue weighted by atomic mass is 9.76. The number of likely N-dealkylation sites (tertiary alicyclic amines) is 2. The van der Waals surface area contributed by atoms with Crippen LogP contribution in [0.15, 0.2) is 48.5 Å². The fourth-order valence-corrected chi connectivity index (χ4v) is 7.25. The highest BCUT2D eigenvalue weighted by atomic mass is 19.4. The SMILES string of the molecule is COc1cc(C(F)(F)F)c(CN2CCCCC2)cc1-c1cccc2c(C[C@H](NC(=O)C3(C(F)(F)F)CCN(CC(F)(F)F)CC3)C(=O)O)cccc12. The molecule has 2 fully saturated rings. The van der Waals surface area contributed by atoms with Gasteiger partial charge in [0.2, 0.25) is 5.91 Å². The van der Waals surface area contributed by atoms with Crippen molar-refractivity contribution in [3.05, 3.63) is 65.2 Å². The molecule has 0 aromatic heterocycles. The topological polar surface area (TPSA) is 82.1 Å². The Bertz CT molecular complexity index is 1760. The minimum absolute atomic E-state index is 0.0508. The van der Waals surface area contributed by atoms with Gasteiger partial charge in [0, 0.05) is 18.5 Å². The van der Waals surface area contributed by atoms with Crippen molar-refractivity contribution < 1.29 is 58.9 Å². The number of amides is 1. The first kappa shape index (κ1) is 39.2. The third-order valence-corrected chi connectivity index (χ3v) is 9.99. The van der Waals surface area contributed by atoms with Crippen molar-refractivity contribution in [2.75, 3.05) is 39.8 Å². The molecule has 284 valence electrons. The minimum Gasteiger partial charge on any atom is -0.496 e. The third-order valence-electron chi connectivity index (χ3n) is 9.99. The van der Waals surface area contributed by atoms with E-state index in [9.17, 15) is 54.2 Å². The second-order valence-corrected chi connectivity index (χ2v) is 13.4. The Morgan fingerprint density at radius 1 is 0.827 bits per heavy atom. The predicted octanol–water partition coefficient (Wildman–Crippen LogP) is 7.84. The average molecular weight is 748 g/mol. The molecule has 0 aliphatic carbocycles. The van der Waals surface area contributed by atoms with Gasteiger partial charge >= 0.3 is 24.5 Å². The number of piperidine rings is 2. The van der Waals surface area contributed by atoms with Crippen LogP contribution in [0.1, 0.15) is 48.8 Å². The van der Waals surface area contributed by atoms with Crippen molar-refractivity contribution in [2.24, 2.45) is 5.41 Å². The number of alkyl halides is 9. The molecule has 0 saturated carbocycles. The molecular formula is C36H38F9N3O4. The first-order valence-electron chi connectivity index (χ1n) is 16.7. The van der Waals surface area contributed by atoms with Gasteiger partial charge < -0.3 is 15.2 Å². The largest absolute Gasteiger partial charge is 0.496 e. The van der Waals surface area contributed by atoms with Gasteiger partial charge in [-0.05, 0) is 91.5 Å². The highest BCUT2D eigenvalue weighted by Gasteiger charge is 2.61. The van der Waals surface area contributed by atoms with Crippen LogP contribution in [0, 0.1) is 5.41 Å². The summed E-state index contributed by atoms with van der Waals surface area (Å²) >= 11 is 0. The lowest BCUT2D eigenvalue weighted by Crippen LogP contribution is -2.59. The summed E-state index contributed by atoms with van der Waals surface area (Å²) in [4.78, 5) is 28.4. The number of methoxy groups -OCH3 is 1. The number of rotatable bonds is 10. The van der Waals surface area contributed by atoms with Crippen molar-refractivity contribution in [3.63, 3.8) is 0 Å². The molecule has 0 unspecified atom stereocenters. The lowest BCUT2D eigenvalue weighted by Gasteiger charge is -2.42. The molecule has 5 rings (SSSR count). The Morgan fingerprint density at radius 3 is 2.04 bits per heavy atom. The zero-order chi connectivity index (χ0) is 38.1. The van der Waals surface area contributed by atoms with E-state index in [-0.39, 0.29) is 17.9 Å². The normalized spacial score (nSPS) is 18.3. The third kappa shape index (κ3) is 8.59. The van der Waals surface area contributed by atoms with Gasteiger partial charge in [0.1, 0.15) is 17.2 Å². The van der Waals surface area contributed by atoms with E-state index in [1.165, 1.54) is 19.2 Å². The molecule has 1 amide bonds. The van der Waals surface area contributed by atoms with E-state index in [1.54, 1.807) is 30.3 Å². The van der Waals surface area contributed by atoms with E-state index in [4.69, 9.17) is 4.74 Å². The molecule has 2 heterocycles. The number of halogens is 9.